The minimum absolute atomic E-state index is 0.199. The molecule has 0 aliphatic carbocycles. The van der Waals surface area contributed by atoms with E-state index in [2.05, 4.69) is 51.2 Å². The molecule has 0 spiro atoms. The lowest BCUT2D eigenvalue weighted by Gasteiger charge is -2.24. The molecule has 0 aromatic carbocycles. The molecule has 0 saturated heterocycles. The van der Waals surface area contributed by atoms with Crippen LogP contribution in [0.25, 0.3) is 0 Å². The van der Waals surface area contributed by atoms with Crippen LogP contribution >= 0.6 is 7.60 Å². The first-order valence-corrected chi connectivity index (χ1v) is 12.8. The van der Waals surface area contributed by atoms with E-state index in [1.807, 2.05) is 13.0 Å². The lowest BCUT2D eigenvalue weighted by atomic mass is 10.0. The zero-order chi connectivity index (χ0) is 24.1. The molecule has 1 amide bonds. The molecule has 3 N–H and O–H groups in total. The van der Waals surface area contributed by atoms with Gasteiger partial charge >= 0.3 is 7.60 Å². The highest BCUT2D eigenvalue weighted by molar-refractivity contribution is 7.53. The molecule has 6 heteroatoms. The summed E-state index contributed by atoms with van der Waals surface area (Å²) in [5.41, 5.74) is 5.42. The minimum atomic E-state index is -4.31. The Morgan fingerprint density at radius 3 is 1.65 bits per heavy atom. The largest absolute Gasteiger partial charge is 0.353 e. The molecule has 0 unspecified atom stereocenters. The van der Waals surface area contributed by atoms with Crippen molar-refractivity contribution in [3.05, 3.63) is 46.6 Å². The predicted molar refractivity (Wildman–Crippen MR) is 132 cm³/mol. The number of rotatable bonds is 14. The number of nitrogens with one attached hydrogen (secondary N) is 1. The molecular weight excluding hydrogens is 409 g/mol. The molecule has 31 heavy (non-hydrogen) atoms. The van der Waals surface area contributed by atoms with Crippen molar-refractivity contribution in [1.29, 1.82) is 0 Å². The summed E-state index contributed by atoms with van der Waals surface area (Å²) in [5, 5.41) is 1.37. The Bertz CT molecular complexity index is 735. The third-order valence-electron chi connectivity index (χ3n) is 5.29. The topological polar surface area (TPSA) is 86.6 Å². The van der Waals surface area contributed by atoms with E-state index in [1.54, 1.807) is 0 Å². The second-order valence-corrected chi connectivity index (χ2v) is 11.7. The summed E-state index contributed by atoms with van der Waals surface area (Å²) in [4.78, 5) is 30.5. The van der Waals surface area contributed by atoms with Crippen molar-refractivity contribution < 1.29 is 19.1 Å². The SMILES string of the molecule is CC(C)=CCCC(C)=CCCC(C)=CCCC(C)=CCNC(=O)CC(C)(C)P(=O)(O)O. The van der Waals surface area contributed by atoms with Crippen LogP contribution in [0.15, 0.2) is 46.6 Å². The highest BCUT2D eigenvalue weighted by Crippen LogP contribution is 2.51. The summed E-state index contributed by atoms with van der Waals surface area (Å²) in [5.74, 6) is -0.350. The maximum atomic E-state index is 11.9. The molecule has 0 aliphatic heterocycles. The van der Waals surface area contributed by atoms with E-state index < -0.39 is 12.8 Å². The van der Waals surface area contributed by atoms with Gasteiger partial charge in [0.2, 0.25) is 5.91 Å². The molecule has 0 fully saturated rings. The fourth-order valence-electron chi connectivity index (χ4n) is 2.88. The quantitative estimate of drug-likeness (QED) is 0.204. The van der Waals surface area contributed by atoms with Crippen molar-refractivity contribution in [3.8, 4) is 0 Å². The third-order valence-corrected chi connectivity index (χ3v) is 7.02. The molecule has 0 atom stereocenters. The zero-order valence-electron chi connectivity index (χ0n) is 20.6. The molecule has 0 aliphatic rings. The molecule has 0 saturated carbocycles. The monoisotopic (exact) mass is 453 g/mol. The number of carbonyl (C=O) groups is 1. The van der Waals surface area contributed by atoms with Gasteiger partial charge in [-0.05, 0) is 87.0 Å². The van der Waals surface area contributed by atoms with Crippen LogP contribution in [0.5, 0.6) is 0 Å². The number of hydrogen-bond donors (Lipinski definition) is 3. The van der Waals surface area contributed by atoms with Crippen molar-refractivity contribution >= 4 is 13.5 Å². The summed E-state index contributed by atoms with van der Waals surface area (Å²) in [7, 11) is -4.31. The van der Waals surface area contributed by atoms with Gasteiger partial charge in [0.1, 0.15) is 0 Å². The van der Waals surface area contributed by atoms with E-state index in [0.717, 1.165) is 38.5 Å². The average Bonchev–Trinajstić information content (AvgIpc) is 2.60. The summed E-state index contributed by atoms with van der Waals surface area (Å²) in [6.07, 6.45) is 15.0. The molecule has 0 radical (unpaired) electrons. The molecule has 0 heterocycles. The molecule has 0 aromatic heterocycles. The van der Waals surface area contributed by atoms with Crippen molar-refractivity contribution in [2.75, 3.05) is 6.54 Å². The average molecular weight is 454 g/mol. The van der Waals surface area contributed by atoms with Gasteiger partial charge in [0.15, 0.2) is 0 Å². The fraction of sp³-hybridized carbons (Fsp3) is 0.640. The Morgan fingerprint density at radius 1 is 0.806 bits per heavy atom. The zero-order valence-corrected chi connectivity index (χ0v) is 21.5. The van der Waals surface area contributed by atoms with E-state index in [1.165, 1.54) is 36.1 Å². The summed E-state index contributed by atoms with van der Waals surface area (Å²) in [6, 6.07) is 0. The van der Waals surface area contributed by atoms with Crippen molar-refractivity contribution in [1.82, 2.24) is 5.32 Å². The second kappa shape index (κ2) is 14.6. The van der Waals surface area contributed by atoms with Crippen molar-refractivity contribution in [2.45, 2.75) is 98.6 Å². The van der Waals surface area contributed by atoms with E-state index in [9.17, 15) is 19.1 Å². The Hall–Kier alpha value is -1.42. The highest BCUT2D eigenvalue weighted by Gasteiger charge is 2.39. The van der Waals surface area contributed by atoms with Crippen molar-refractivity contribution in [3.63, 3.8) is 0 Å². The van der Waals surface area contributed by atoms with Gasteiger partial charge in [-0.15, -0.1) is 0 Å². The van der Waals surface area contributed by atoms with Gasteiger partial charge in [-0.3, -0.25) is 9.36 Å². The van der Waals surface area contributed by atoms with Gasteiger partial charge in [0.05, 0.1) is 5.16 Å². The summed E-state index contributed by atoms with van der Waals surface area (Å²) < 4.78 is 11.4. The lowest BCUT2D eigenvalue weighted by Crippen LogP contribution is -2.32. The number of allylic oxidation sites excluding steroid dienone is 7. The molecule has 5 nitrogen and oxygen atoms in total. The van der Waals surface area contributed by atoms with Crippen LogP contribution in [0.4, 0.5) is 0 Å². The Kier molecular flexibility index (Phi) is 13.9. The van der Waals surface area contributed by atoms with Gasteiger partial charge < -0.3 is 15.1 Å². The standard InChI is InChI=1S/C25H44NO4P/c1-20(2)11-8-12-21(3)13-9-14-22(4)15-10-16-23(5)17-18-26-24(27)19-25(6,7)31(28,29)30/h11,13,15,17H,8-10,12,14,16,18-19H2,1-7H3,(H,26,27)(H2,28,29,30). The first kappa shape index (κ1) is 29.6. The van der Waals surface area contributed by atoms with E-state index in [4.69, 9.17) is 0 Å². The van der Waals surface area contributed by atoms with Gasteiger partial charge in [-0.2, -0.15) is 0 Å². The summed E-state index contributed by atoms with van der Waals surface area (Å²) in [6.45, 7) is 13.9. The van der Waals surface area contributed by atoms with Gasteiger partial charge in [-0.1, -0.05) is 46.6 Å². The van der Waals surface area contributed by atoms with Gasteiger partial charge in [0, 0.05) is 13.0 Å². The molecule has 0 rings (SSSR count). The minimum Gasteiger partial charge on any atom is -0.353 e. The lowest BCUT2D eigenvalue weighted by molar-refractivity contribution is -0.121. The molecule has 0 bridgehead atoms. The molecular formula is C25H44NO4P. The van der Waals surface area contributed by atoms with Crippen LogP contribution in [0.3, 0.4) is 0 Å². The smallest absolute Gasteiger partial charge is 0.331 e. The summed E-state index contributed by atoms with van der Waals surface area (Å²) >= 11 is 0. The predicted octanol–water partition coefficient (Wildman–Crippen LogP) is 6.59. The Balaban J connectivity index is 4.22. The van der Waals surface area contributed by atoms with Crippen LogP contribution in [0.2, 0.25) is 0 Å². The Labute approximate surface area is 190 Å². The second-order valence-electron chi connectivity index (χ2n) is 9.39. The number of amides is 1. The van der Waals surface area contributed by atoms with Crippen LogP contribution in [-0.4, -0.2) is 27.4 Å². The maximum absolute atomic E-state index is 11.9. The van der Waals surface area contributed by atoms with E-state index in [-0.39, 0.29) is 12.3 Å². The third kappa shape index (κ3) is 15.1. The Morgan fingerprint density at radius 2 is 1.23 bits per heavy atom. The normalized spacial score (nSPS) is 13.9. The van der Waals surface area contributed by atoms with Crippen LogP contribution in [0, 0.1) is 0 Å². The highest BCUT2D eigenvalue weighted by atomic mass is 31.2. The molecule has 178 valence electrons. The maximum Gasteiger partial charge on any atom is 0.331 e. The van der Waals surface area contributed by atoms with E-state index in [0.29, 0.717) is 6.54 Å². The fourth-order valence-corrected chi connectivity index (χ4v) is 3.23. The van der Waals surface area contributed by atoms with Crippen LogP contribution < -0.4 is 5.32 Å². The van der Waals surface area contributed by atoms with Gasteiger partial charge in [-0.25, -0.2) is 0 Å². The number of hydrogen-bond acceptors (Lipinski definition) is 2. The number of carbonyl (C=O) groups excluding carboxylic acids is 1. The first-order chi connectivity index (χ1) is 14.2. The van der Waals surface area contributed by atoms with Crippen LogP contribution in [-0.2, 0) is 9.36 Å². The molecule has 0 aromatic rings. The van der Waals surface area contributed by atoms with Crippen molar-refractivity contribution in [2.24, 2.45) is 0 Å². The van der Waals surface area contributed by atoms with E-state index >= 15 is 0 Å². The first-order valence-electron chi connectivity index (χ1n) is 11.2. The van der Waals surface area contributed by atoms with Gasteiger partial charge in [0.25, 0.3) is 0 Å². The van der Waals surface area contributed by atoms with Crippen LogP contribution in [0.1, 0.15) is 93.4 Å².